The van der Waals surface area contributed by atoms with Crippen molar-refractivity contribution in [3.63, 3.8) is 0 Å². The van der Waals surface area contributed by atoms with Crippen molar-refractivity contribution in [2.45, 2.75) is 39.7 Å². The monoisotopic (exact) mass is 499 g/mol. The van der Waals surface area contributed by atoms with Crippen molar-refractivity contribution in [2.24, 2.45) is 4.99 Å². The van der Waals surface area contributed by atoms with Crippen molar-refractivity contribution in [3.05, 3.63) is 59.5 Å². The van der Waals surface area contributed by atoms with Crippen LogP contribution in [0.3, 0.4) is 0 Å². The van der Waals surface area contributed by atoms with Gasteiger partial charge in [0.1, 0.15) is 11.6 Å². The van der Waals surface area contributed by atoms with E-state index < -0.39 is 0 Å². The molecule has 0 radical (unpaired) electrons. The number of halogens is 2. The van der Waals surface area contributed by atoms with Gasteiger partial charge < -0.3 is 16.0 Å². The lowest BCUT2D eigenvalue weighted by molar-refractivity contribution is 0.607. The van der Waals surface area contributed by atoms with Crippen LogP contribution in [0.15, 0.2) is 47.6 Å². The van der Waals surface area contributed by atoms with Crippen LogP contribution in [0.4, 0.5) is 10.2 Å². The van der Waals surface area contributed by atoms with Crippen LogP contribution in [0.2, 0.25) is 0 Å². The molecule has 1 aromatic heterocycles. The Morgan fingerprint density at radius 1 is 1.21 bits per heavy atom. The normalized spacial score (nSPS) is 12.1. The summed E-state index contributed by atoms with van der Waals surface area (Å²) in [5.41, 5.74) is 1.56. The Kier molecular flexibility index (Phi) is 11.5. The van der Waals surface area contributed by atoms with E-state index in [0.29, 0.717) is 5.56 Å². The summed E-state index contributed by atoms with van der Waals surface area (Å²) in [5.74, 6) is 1.47. The number of unbranched alkanes of at least 4 members (excludes halogenated alkanes) is 1. The molecule has 0 spiro atoms. The Labute approximate surface area is 184 Å². The van der Waals surface area contributed by atoms with Gasteiger partial charge in [-0.2, -0.15) is 0 Å². The number of aliphatic imine (C=N–C) groups is 1. The molecule has 0 aliphatic heterocycles. The van der Waals surface area contributed by atoms with Crippen molar-refractivity contribution in [1.29, 1.82) is 0 Å². The van der Waals surface area contributed by atoms with E-state index in [1.54, 1.807) is 19.2 Å². The molecule has 0 saturated carbocycles. The second-order valence-electron chi connectivity index (χ2n) is 6.48. The highest BCUT2D eigenvalue weighted by atomic mass is 127. The van der Waals surface area contributed by atoms with E-state index in [4.69, 9.17) is 0 Å². The number of nitrogens with one attached hydrogen (secondary N) is 3. The highest BCUT2D eigenvalue weighted by molar-refractivity contribution is 14.0. The van der Waals surface area contributed by atoms with Crippen molar-refractivity contribution in [3.8, 4) is 0 Å². The molecular weight excluding hydrogens is 468 g/mol. The molecule has 5 nitrogen and oxygen atoms in total. The molecule has 0 aliphatic rings. The predicted molar refractivity (Wildman–Crippen MR) is 126 cm³/mol. The number of nitrogens with zero attached hydrogens (tertiary/aromatic N) is 2. The summed E-state index contributed by atoms with van der Waals surface area (Å²) in [5, 5.41) is 9.88. The van der Waals surface area contributed by atoms with Gasteiger partial charge in [0.05, 0.1) is 6.04 Å². The van der Waals surface area contributed by atoms with Gasteiger partial charge >= 0.3 is 0 Å². The summed E-state index contributed by atoms with van der Waals surface area (Å²) in [4.78, 5) is 8.86. The minimum Gasteiger partial charge on any atom is -0.370 e. The molecule has 28 heavy (non-hydrogen) atoms. The molecule has 3 N–H and O–H groups in total. The van der Waals surface area contributed by atoms with Crippen LogP contribution in [0.25, 0.3) is 0 Å². The molecule has 0 aliphatic carbocycles. The number of aromatic nitrogens is 1. The van der Waals surface area contributed by atoms with Crippen LogP contribution in [0.5, 0.6) is 0 Å². The van der Waals surface area contributed by atoms with Gasteiger partial charge in [-0.3, -0.25) is 4.99 Å². The van der Waals surface area contributed by atoms with Crippen LogP contribution in [-0.2, 0) is 0 Å². The maximum Gasteiger partial charge on any atom is 0.191 e. The molecule has 7 heteroatoms. The topological polar surface area (TPSA) is 61.3 Å². The molecule has 0 fully saturated rings. The van der Waals surface area contributed by atoms with Crippen LogP contribution >= 0.6 is 24.0 Å². The molecule has 1 atom stereocenters. The van der Waals surface area contributed by atoms with E-state index in [-0.39, 0.29) is 35.8 Å². The summed E-state index contributed by atoms with van der Waals surface area (Å²) in [6.07, 6.45) is 3.77. The number of benzene rings is 1. The fourth-order valence-electron chi connectivity index (χ4n) is 2.60. The average Bonchev–Trinajstić information content (AvgIpc) is 2.67. The number of guanidine groups is 1. The molecular formula is C21H31FIN5. The molecule has 1 heterocycles. The predicted octanol–water partition coefficient (Wildman–Crippen LogP) is 4.66. The third-order valence-electron chi connectivity index (χ3n) is 4.22. The lowest BCUT2D eigenvalue weighted by Crippen LogP contribution is -2.38. The number of rotatable bonds is 9. The third kappa shape index (κ3) is 8.41. The summed E-state index contributed by atoms with van der Waals surface area (Å²) in [6, 6.07) is 11.1. The Morgan fingerprint density at radius 2 is 2.04 bits per heavy atom. The quantitative estimate of drug-likeness (QED) is 0.203. The van der Waals surface area contributed by atoms with Crippen molar-refractivity contribution in [1.82, 2.24) is 15.6 Å². The highest BCUT2D eigenvalue weighted by Gasteiger charge is 2.09. The molecule has 0 saturated heterocycles. The van der Waals surface area contributed by atoms with Crippen LogP contribution < -0.4 is 16.0 Å². The van der Waals surface area contributed by atoms with Gasteiger partial charge in [0.2, 0.25) is 0 Å². The molecule has 0 amide bonds. The maximum atomic E-state index is 13.8. The van der Waals surface area contributed by atoms with Gasteiger partial charge in [-0.15, -0.1) is 24.0 Å². The molecule has 2 rings (SSSR count). The van der Waals surface area contributed by atoms with E-state index in [2.05, 4.69) is 25.9 Å². The number of hydrogen-bond acceptors (Lipinski definition) is 3. The summed E-state index contributed by atoms with van der Waals surface area (Å²) < 4.78 is 13.8. The Bertz CT molecular complexity index is 724. The van der Waals surface area contributed by atoms with Crippen LogP contribution in [-0.4, -0.2) is 30.6 Å². The zero-order chi connectivity index (χ0) is 19.5. The Balaban J connectivity index is 0.00000392. The first kappa shape index (κ1) is 24.1. The van der Waals surface area contributed by atoms with Gasteiger partial charge in [-0.1, -0.05) is 18.2 Å². The van der Waals surface area contributed by atoms with Crippen LogP contribution in [0, 0.1) is 12.7 Å². The van der Waals surface area contributed by atoms with E-state index >= 15 is 0 Å². The van der Waals surface area contributed by atoms with Crippen molar-refractivity contribution >= 4 is 35.8 Å². The van der Waals surface area contributed by atoms with E-state index in [0.717, 1.165) is 49.8 Å². The fourth-order valence-corrected chi connectivity index (χ4v) is 2.60. The largest absolute Gasteiger partial charge is 0.370 e. The second kappa shape index (κ2) is 13.3. The van der Waals surface area contributed by atoms with E-state index in [1.165, 1.54) is 0 Å². The van der Waals surface area contributed by atoms with Gasteiger partial charge in [-0.05, 0) is 62.9 Å². The number of pyridine rings is 1. The average molecular weight is 499 g/mol. The van der Waals surface area contributed by atoms with Crippen molar-refractivity contribution in [2.75, 3.05) is 25.0 Å². The first-order valence-electron chi connectivity index (χ1n) is 9.56. The van der Waals surface area contributed by atoms with Gasteiger partial charge in [0.15, 0.2) is 5.96 Å². The molecule has 0 bridgehead atoms. The van der Waals surface area contributed by atoms with E-state index in [1.807, 2.05) is 44.2 Å². The van der Waals surface area contributed by atoms with Crippen molar-refractivity contribution < 1.29 is 4.39 Å². The second-order valence-corrected chi connectivity index (χ2v) is 6.48. The summed E-state index contributed by atoms with van der Waals surface area (Å²) >= 11 is 0. The number of aryl methyl sites for hydroxylation is 1. The maximum absolute atomic E-state index is 13.8. The lowest BCUT2D eigenvalue weighted by atomic mass is 10.1. The molecule has 1 aromatic carbocycles. The minimum absolute atomic E-state index is 0. The fraction of sp³-hybridized carbons (Fsp3) is 0.429. The Hall–Kier alpha value is -1.90. The van der Waals surface area contributed by atoms with E-state index in [9.17, 15) is 4.39 Å². The van der Waals surface area contributed by atoms with Gasteiger partial charge in [0.25, 0.3) is 0 Å². The zero-order valence-electron chi connectivity index (χ0n) is 16.8. The minimum atomic E-state index is -0.177. The number of anilines is 1. The third-order valence-corrected chi connectivity index (χ3v) is 4.22. The standard InChI is InChI=1S/C21H30FN5.HI/c1-4-23-21(27-17(3)18-11-10-16(2)19(22)15-18)26-14-8-7-13-25-20-9-5-6-12-24-20;/h5-6,9-12,15,17H,4,7-8,13-14H2,1-3H3,(H,24,25)(H2,23,26,27);1H. The zero-order valence-corrected chi connectivity index (χ0v) is 19.2. The highest BCUT2D eigenvalue weighted by Crippen LogP contribution is 2.16. The summed E-state index contributed by atoms with van der Waals surface area (Å²) in [6.45, 7) is 8.19. The van der Waals surface area contributed by atoms with Crippen LogP contribution in [0.1, 0.15) is 43.9 Å². The first-order chi connectivity index (χ1) is 13.1. The smallest absolute Gasteiger partial charge is 0.191 e. The SMILES string of the molecule is CCNC(=NCCCCNc1ccccn1)NC(C)c1ccc(C)c(F)c1.I. The van der Waals surface area contributed by atoms with Gasteiger partial charge in [-0.25, -0.2) is 9.37 Å². The number of hydrogen-bond donors (Lipinski definition) is 3. The summed E-state index contributed by atoms with van der Waals surface area (Å²) in [7, 11) is 0. The lowest BCUT2D eigenvalue weighted by Gasteiger charge is -2.18. The molecule has 154 valence electrons. The molecule has 2 aromatic rings. The Morgan fingerprint density at radius 3 is 2.71 bits per heavy atom. The first-order valence-corrected chi connectivity index (χ1v) is 9.56. The molecule has 1 unspecified atom stereocenters. The van der Waals surface area contributed by atoms with Gasteiger partial charge in [0, 0.05) is 25.8 Å².